The molecule has 0 aliphatic heterocycles. The molecule has 14 heavy (non-hydrogen) atoms. The topological polar surface area (TPSA) is 3.24 Å². The van der Waals surface area contributed by atoms with Crippen LogP contribution in [0.3, 0.4) is 0 Å². The Morgan fingerprint density at radius 3 is 2.71 bits per heavy atom. The van der Waals surface area contributed by atoms with Crippen molar-refractivity contribution >= 4 is 34.9 Å². The van der Waals surface area contributed by atoms with Crippen molar-refractivity contribution in [1.29, 1.82) is 0 Å². The van der Waals surface area contributed by atoms with Gasteiger partial charge in [0, 0.05) is 23.8 Å². The first-order valence-corrected chi connectivity index (χ1v) is 5.31. The molecule has 2 radical (unpaired) electrons. The van der Waals surface area contributed by atoms with E-state index in [9.17, 15) is 0 Å². The summed E-state index contributed by atoms with van der Waals surface area (Å²) < 4.78 is 1.05. The van der Waals surface area contributed by atoms with Crippen LogP contribution in [0.25, 0.3) is 5.47 Å². The van der Waals surface area contributed by atoms with Gasteiger partial charge in [0.2, 0.25) is 0 Å². The third-order valence-corrected chi connectivity index (χ3v) is 2.68. The van der Waals surface area contributed by atoms with E-state index in [4.69, 9.17) is 7.85 Å². The molecule has 1 nitrogen and oxygen atoms in total. The third-order valence-electron chi connectivity index (χ3n) is 2.19. The van der Waals surface area contributed by atoms with Crippen LogP contribution < -0.4 is 4.90 Å². The van der Waals surface area contributed by atoms with E-state index in [-0.39, 0.29) is 0 Å². The lowest BCUT2D eigenvalue weighted by Gasteiger charge is -2.21. The first-order chi connectivity index (χ1) is 6.56. The highest BCUT2D eigenvalue weighted by molar-refractivity contribution is 9.10. The maximum Gasteiger partial charge on any atom is 0.113 e. The van der Waals surface area contributed by atoms with Crippen LogP contribution in [-0.2, 0) is 0 Å². The summed E-state index contributed by atoms with van der Waals surface area (Å²) in [7, 11) is 7.76. The Morgan fingerprint density at radius 2 is 2.21 bits per heavy atom. The molecule has 0 saturated heterocycles. The lowest BCUT2D eigenvalue weighted by molar-refractivity contribution is 0.965. The second kappa shape index (κ2) is 4.69. The van der Waals surface area contributed by atoms with E-state index in [0.717, 1.165) is 22.3 Å². The monoisotopic (exact) mass is 249 g/mol. The van der Waals surface area contributed by atoms with Crippen LogP contribution in [0.1, 0.15) is 12.5 Å². The number of rotatable bonds is 3. The molecule has 1 aromatic carbocycles. The van der Waals surface area contributed by atoms with Crippen LogP contribution in [0.5, 0.6) is 0 Å². The highest BCUT2D eigenvalue weighted by atomic mass is 79.9. The van der Waals surface area contributed by atoms with Crippen LogP contribution in [0.15, 0.2) is 29.3 Å². The minimum atomic E-state index is 0.604. The lowest BCUT2D eigenvalue weighted by atomic mass is 9.89. The Labute approximate surface area is 95.3 Å². The SMILES string of the molecule is [B]C(=C)c1ccc(Br)cc1N(C)CC. The van der Waals surface area contributed by atoms with Gasteiger partial charge in [-0.1, -0.05) is 27.5 Å². The van der Waals surface area contributed by atoms with Crippen molar-refractivity contribution in [3.8, 4) is 0 Å². The summed E-state index contributed by atoms with van der Waals surface area (Å²) in [4.78, 5) is 2.14. The van der Waals surface area contributed by atoms with Crippen molar-refractivity contribution in [1.82, 2.24) is 0 Å². The van der Waals surface area contributed by atoms with Gasteiger partial charge in [-0.2, -0.15) is 0 Å². The van der Waals surface area contributed by atoms with E-state index in [2.05, 4.69) is 40.4 Å². The summed E-state index contributed by atoms with van der Waals surface area (Å²) in [6.07, 6.45) is 0. The molecule has 0 fully saturated rings. The summed E-state index contributed by atoms with van der Waals surface area (Å²) in [5, 5.41) is 0. The molecule has 0 aromatic heterocycles. The average molecular weight is 250 g/mol. The first kappa shape index (κ1) is 11.4. The van der Waals surface area contributed by atoms with E-state index >= 15 is 0 Å². The predicted molar refractivity (Wildman–Crippen MR) is 67.9 cm³/mol. The molecule has 0 heterocycles. The molecule has 0 amide bonds. The van der Waals surface area contributed by atoms with Gasteiger partial charge in [-0.3, -0.25) is 0 Å². The Hall–Kier alpha value is -0.695. The van der Waals surface area contributed by atoms with Crippen LogP contribution >= 0.6 is 15.9 Å². The lowest BCUT2D eigenvalue weighted by Crippen LogP contribution is -2.17. The molecule has 0 atom stereocenters. The maximum atomic E-state index is 5.72. The predicted octanol–water partition coefficient (Wildman–Crippen LogP) is 3.04. The molecule has 0 bridgehead atoms. The smallest absolute Gasteiger partial charge is 0.113 e. The molecule has 0 unspecified atom stereocenters. The second-order valence-corrected chi connectivity index (χ2v) is 4.12. The molecular formula is C11H13BBrN. The quantitative estimate of drug-likeness (QED) is 0.745. The third kappa shape index (κ3) is 2.41. The van der Waals surface area contributed by atoms with E-state index < -0.39 is 0 Å². The minimum absolute atomic E-state index is 0.604. The highest BCUT2D eigenvalue weighted by Gasteiger charge is 2.06. The minimum Gasteiger partial charge on any atom is -0.374 e. The van der Waals surface area contributed by atoms with Gasteiger partial charge in [0.15, 0.2) is 0 Å². The standard InChI is InChI=1S/C11H13BBrN/c1-4-14(3)11-7-9(13)5-6-10(11)8(2)12/h5-7H,2,4H2,1,3H3. The zero-order valence-corrected chi connectivity index (χ0v) is 10.1. The zero-order chi connectivity index (χ0) is 10.7. The fourth-order valence-corrected chi connectivity index (χ4v) is 1.61. The Kier molecular flexibility index (Phi) is 3.82. The van der Waals surface area contributed by atoms with E-state index in [0.29, 0.717) is 5.47 Å². The van der Waals surface area contributed by atoms with Crippen LogP contribution in [0, 0.1) is 0 Å². The number of halogens is 1. The second-order valence-electron chi connectivity index (χ2n) is 3.20. The first-order valence-electron chi connectivity index (χ1n) is 4.51. The van der Waals surface area contributed by atoms with E-state index in [1.165, 1.54) is 0 Å². The van der Waals surface area contributed by atoms with Gasteiger partial charge in [-0.15, -0.1) is 6.58 Å². The summed E-state index contributed by atoms with van der Waals surface area (Å²) in [6.45, 7) is 6.81. The number of nitrogens with zero attached hydrogens (tertiary/aromatic N) is 1. The number of hydrogen-bond donors (Lipinski definition) is 0. The van der Waals surface area contributed by atoms with Gasteiger partial charge in [-0.25, -0.2) is 0 Å². The zero-order valence-electron chi connectivity index (χ0n) is 8.55. The van der Waals surface area contributed by atoms with Crippen LogP contribution in [0.4, 0.5) is 5.69 Å². The van der Waals surface area contributed by atoms with Crippen molar-refractivity contribution < 1.29 is 0 Å². The number of hydrogen-bond acceptors (Lipinski definition) is 1. The van der Waals surface area contributed by atoms with E-state index in [1.807, 2.05) is 19.2 Å². The van der Waals surface area contributed by atoms with Crippen molar-refractivity contribution in [2.45, 2.75) is 6.92 Å². The molecular weight excluding hydrogens is 237 g/mol. The Balaban J connectivity index is 3.22. The van der Waals surface area contributed by atoms with Gasteiger partial charge in [-0.05, 0) is 24.6 Å². The van der Waals surface area contributed by atoms with Crippen molar-refractivity contribution in [2.75, 3.05) is 18.5 Å². The molecule has 72 valence electrons. The molecule has 0 spiro atoms. The van der Waals surface area contributed by atoms with Gasteiger partial charge < -0.3 is 4.90 Å². The van der Waals surface area contributed by atoms with Crippen LogP contribution in [0.2, 0.25) is 0 Å². The highest BCUT2D eigenvalue weighted by Crippen LogP contribution is 2.27. The van der Waals surface area contributed by atoms with Gasteiger partial charge in [0.1, 0.15) is 7.85 Å². The van der Waals surface area contributed by atoms with Gasteiger partial charge in [0.25, 0.3) is 0 Å². The van der Waals surface area contributed by atoms with Crippen molar-refractivity contribution in [3.05, 3.63) is 34.8 Å². The molecule has 3 heteroatoms. The Morgan fingerprint density at radius 1 is 1.57 bits per heavy atom. The molecule has 0 N–H and O–H groups in total. The van der Waals surface area contributed by atoms with Gasteiger partial charge >= 0.3 is 0 Å². The van der Waals surface area contributed by atoms with Crippen molar-refractivity contribution in [2.24, 2.45) is 0 Å². The van der Waals surface area contributed by atoms with E-state index in [1.54, 1.807) is 0 Å². The largest absolute Gasteiger partial charge is 0.374 e. The fourth-order valence-electron chi connectivity index (χ4n) is 1.26. The molecule has 0 aliphatic carbocycles. The average Bonchev–Trinajstić information content (AvgIpc) is 2.16. The summed E-state index contributed by atoms with van der Waals surface area (Å²) in [5.41, 5.74) is 2.71. The molecule has 1 rings (SSSR count). The molecule has 0 aliphatic rings. The maximum absolute atomic E-state index is 5.72. The fraction of sp³-hybridized carbons (Fsp3) is 0.273. The van der Waals surface area contributed by atoms with Crippen LogP contribution in [-0.4, -0.2) is 21.4 Å². The molecule has 0 saturated carbocycles. The summed E-state index contributed by atoms with van der Waals surface area (Å²) in [5.74, 6) is 0. The number of benzene rings is 1. The van der Waals surface area contributed by atoms with Crippen molar-refractivity contribution in [3.63, 3.8) is 0 Å². The normalized spacial score (nSPS) is 9.93. The summed E-state index contributed by atoms with van der Waals surface area (Å²) >= 11 is 3.45. The Bertz CT molecular complexity index is 349. The summed E-state index contributed by atoms with van der Waals surface area (Å²) in [6, 6.07) is 6.01. The molecule has 1 aromatic rings. The van der Waals surface area contributed by atoms with Gasteiger partial charge in [0.05, 0.1) is 0 Å². The number of anilines is 1.